The average molecular weight is 245 g/mol. The highest BCUT2D eigenvalue weighted by molar-refractivity contribution is 6.17. The maximum Gasteiger partial charge on any atom is 0.315 e. The smallest absolute Gasteiger partial charge is 0.315 e. The van der Waals surface area contributed by atoms with Gasteiger partial charge in [-0.3, -0.25) is 0 Å². The summed E-state index contributed by atoms with van der Waals surface area (Å²) in [5.74, 6) is 0.191. The Morgan fingerprint density at radius 1 is 1.31 bits per heavy atom. The maximum atomic E-state index is 13.2. The zero-order valence-corrected chi connectivity index (χ0v) is 9.56. The molecule has 0 aliphatic heterocycles. The molecule has 0 atom stereocenters. The van der Waals surface area contributed by atoms with Crippen LogP contribution in [-0.4, -0.2) is 18.5 Å². The lowest BCUT2D eigenvalue weighted by molar-refractivity contribution is 0.240. The first-order valence-corrected chi connectivity index (χ1v) is 5.58. The zero-order chi connectivity index (χ0) is 11.8. The Hall–Kier alpha value is -1.29. The Kier molecular flexibility index (Phi) is 5.64. The lowest BCUT2D eigenvalue weighted by atomic mass is 10.2. The van der Waals surface area contributed by atoms with Crippen molar-refractivity contribution >= 4 is 17.6 Å². The number of nitrogens with one attached hydrogen (secondary N) is 2. The van der Waals surface area contributed by atoms with Crippen molar-refractivity contribution in [2.75, 3.05) is 12.4 Å². The number of hydrogen-bond donors (Lipinski definition) is 2. The first kappa shape index (κ1) is 12.8. The predicted molar refractivity (Wildman–Crippen MR) is 62.0 cm³/mol. The van der Waals surface area contributed by atoms with Gasteiger partial charge in [0, 0.05) is 24.5 Å². The fourth-order valence-corrected chi connectivity index (χ4v) is 1.28. The van der Waals surface area contributed by atoms with Gasteiger partial charge in [0.15, 0.2) is 0 Å². The van der Waals surface area contributed by atoms with E-state index >= 15 is 0 Å². The van der Waals surface area contributed by atoms with Crippen molar-refractivity contribution in [2.24, 2.45) is 0 Å². The van der Waals surface area contributed by atoms with Crippen molar-refractivity contribution in [3.8, 4) is 0 Å². The van der Waals surface area contributed by atoms with Crippen LogP contribution in [0.5, 0.6) is 0 Å². The molecule has 0 spiro atoms. The molecule has 1 rings (SSSR count). The molecule has 1 aromatic rings. The van der Waals surface area contributed by atoms with Crippen LogP contribution in [0.2, 0.25) is 0 Å². The highest BCUT2D eigenvalue weighted by atomic mass is 35.5. The molecule has 0 bridgehead atoms. The van der Waals surface area contributed by atoms with E-state index < -0.39 is 0 Å². The monoisotopic (exact) mass is 244 g/mol. The van der Waals surface area contributed by atoms with E-state index in [1.54, 1.807) is 18.2 Å². The summed E-state index contributed by atoms with van der Waals surface area (Å²) in [6.07, 6.45) is 0.717. The molecule has 0 radical (unpaired) electrons. The number of urea groups is 1. The first-order valence-electron chi connectivity index (χ1n) is 5.05. The third-order valence-corrected chi connectivity index (χ3v) is 2.26. The van der Waals surface area contributed by atoms with Gasteiger partial charge in [-0.15, -0.1) is 11.6 Å². The Labute approximate surface area is 99.0 Å². The van der Waals surface area contributed by atoms with Gasteiger partial charge in [0.1, 0.15) is 5.82 Å². The first-order chi connectivity index (χ1) is 7.74. The molecule has 3 nitrogen and oxygen atoms in total. The summed E-state index contributed by atoms with van der Waals surface area (Å²) in [6, 6.07) is 6.02. The van der Waals surface area contributed by atoms with E-state index in [2.05, 4.69) is 10.6 Å². The van der Waals surface area contributed by atoms with Crippen molar-refractivity contribution in [1.82, 2.24) is 10.6 Å². The molecule has 16 heavy (non-hydrogen) atoms. The summed E-state index contributed by atoms with van der Waals surface area (Å²) >= 11 is 5.46. The molecule has 0 aliphatic carbocycles. The van der Waals surface area contributed by atoms with Crippen LogP contribution in [0.3, 0.4) is 0 Å². The number of hydrogen-bond acceptors (Lipinski definition) is 1. The molecule has 0 fully saturated rings. The molecule has 0 saturated carbocycles. The molecule has 0 aliphatic rings. The number of carbonyl (C=O) groups is 1. The van der Waals surface area contributed by atoms with Gasteiger partial charge in [-0.1, -0.05) is 18.2 Å². The number of carbonyl (C=O) groups excluding carboxylic acids is 1. The zero-order valence-electron chi connectivity index (χ0n) is 8.80. The summed E-state index contributed by atoms with van der Waals surface area (Å²) in [6.45, 7) is 0.700. The van der Waals surface area contributed by atoms with Gasteiger partial charge in [-0.05, 0) is 12.5 Å². The van der Waals surface area contributed by atoms with E-state index in [-0.39, 0.29) is 18.4 Å². The van der Waals surface area contributed by atoms with Crippen molar-refractivity contribution < 1.29 is 9.18 Å². The van der Waals surface area contributed by atoms with Gasteiger partial charge in [0.05, 0.1) is 0 Å². The maximum absolute atomic E-state index is 13.2. The van der Waals surface area contributed by atoms with E-state index in [0.29, 0.717) is 24.4 Å². The Balaban J connectivity index is 2.29. The van der Waals surface area contributed by atoms with E-state index in [9.17, 15) is 9.18 Å². The number of benzene rings is 1. The van der Waals surface area contributed by atoms with Gasteiger partial charge < -0.3 is 10.6 Å². The van der Waals surface area contributed by atoms with E-state index in [1.165, 1.54) is 6.07 Å². The predicted octanol–water partition coefficient (Wildman–Crippen LogP) is 2.25. The van der Waals surface area contributed by atoms with Crippen LogP contribution in [0.1, 0.15) is 12.0 Å². The van der Waals surface area contributed by atoms with Crippen molar-refractivity contribution in [3.05, 3.63) is 35.6 Å². The lowest BCUT2D eigenvalue weighted by Crippen LogP contribution is -2.35. The second-order valence-electron chi connectivity index (χ2n) is 3.24. The third-order valence-electron chi connectivity index (χ3n) is 1.99. The Morgan fingerprint density at radius 3 is 2.75 bits per heavy atom. The van der Waals surface area contributed by atoms with E-state index in [1.807, 2.05) is 0 Å². The van der Waals surface area contributed by atoms with Crippen LogP contribution in [0.25, 0.3) is 0 Å². The minimum Gasteiger partial charge on any atom is -0.338 e. The van der Waals surface area contributed by atoms with Crippen molar-refractivity contribution in [2.45, 2.75) is 13.0 Å². The molecule has 2 N–H and O–H groups in total. The Morgan fingerprint density at radius 2 is 2.06 bits per heavy atom. The molecule has 2 amide bonds. The van der Waals surface area contributed by atoms with Crippen LogP contribution >= 0.6 is 11.6 Å². The number of rotatable bonds is 5. The lowest BCUT2D eigenvalue weighted by Gasteiger charge is -2.07. The summed E-state index contributed by atoms with van der Waals surface area (Å²) in [4.78, 5) is 11.2. The van der Waals surface area contributed by atoms with Crippen LogP contribution in [0.4, 0.5) is 9.18 Å². The standard InChI is InChI=1S/C11H14ClFN2O/c12-6-3-7-14-11(16)15-8-9-4-1-2-5-10(9)13/h1-2,4-5H,3,6-8H2,(H2,14,15,16). The van der Waals surface area contributed by atoms with Crippen LogP contribution in [0, 0.1) is 5.82 Å². The van der Waals surface area contributed by atoms with Gasteiger partial charge in [-0.25, -0.2) is 9.18 Å². The second kappa shape index (κ2) is 7.06. The van der Waals surface area contributed by atoms with Gasteiger partial charge in [0.25, 0.3) is 0 Å². The number of amides is 2. The van der Waals surface area contributed by atoms with Crippen molar-refractivity contribution in [3.63, 3.8) is 0 Å². The summed E-state index contributed by atoms with van der Waals surface area (Å²) < 4.78 is 13.2. The molecule has 5 heteroatoms. The fraction of sp³-hybridized carbons (Fsp3) is 0.364. The van der Waals surface area contributed by atoms with Crippen LogP contribution < -0.4 is 10.6 Å². The third kappa shape index (κ3) is 4.49. The molecule has 88 valence electrons. The molecule has 0 heterocycles. The van der Waals surface area contributed by atoms with Crippen molar-refractivity contribution in [1.29, 1.82) is 0 Å². The topological polar surface area (TPSA) is 41.1 Å². The van der Waals surface area contributed by atoms with Gasteiger partial charge >= 0.3 is 6.03 Å². The Bertz CT molecular complexity index is 347. The molecule has 0 unspecified atom stereocenters. The van der Waals surface area contributed by atoms with Gasteiger partial charge in [-0.2, -0.15) is 0 Å². The highest BCUT2D eigenvalue weighted by Crippen LogP contribution is 2.05. The number of alkyl halides is 1. The van der Waals surface area contributed by atoms with Crippen LogP contribution in [0.15, 0.2) is 24.3 Å². The fourth-order valence-electron chi connectivity index (χ4n) is 1.15. The minimum atomic E-state index is -0.316. The largest absolute Gasteiger partial charge is 0.338 e. The average Bonchev–Trinajstić information content (AvgIpc) is 2.28. The quantitative estimate of drug-likeness (QED) is 0.605. The normalized spacial score (nSPS) is 9.88. The molecule has 0 saturated heterocycles. The number of halogens is 2. The molecule has 0 aromatic heterocycles. The van der Waals surface area contributed by atoms with E-state index in [4.69, 9.17) is 11.6 Å². The summed E-state index contributed by atoms with van der Waals surface area (Å²) in [5, 5.41) is 5.18. The van der Waals surface area contributed by atoms with Crippen LogP contribution in [-0.2, 0) is 6.54 Å². The second-order valence-corrected chi connectivity index (χ2v) is 3.62. The summed E-state index contributed by atoms with van der Waals surface area (Å²) in [7, 11) is 0. The molecular weight excluding hydrogens is 231 g/mol. The highest BCUT2D eigenvalue weighted by Gasteiger charge is 2.02. The van der Waals surface area contributed by atoms with E-state index in [0.717, 1.165) is 0 Å². The molecular formula is C11H14ClFN2O. The summed E-state index contributed by atoms with van der Waals surface area (Å²) in [5.41, 5.74) is 0.468. The minimum absolute atomic E-state index is 0.180. The SMILES string of the molecule is O=C(NCCCCl)NCc1ccccc1F. The van der Waals surface area contributed by atoms with Gasteiger partial charge in [0.2, 0.25) is 0 Å². The molecule has 1 aromatic carbocycles.